The standard InChI is InChI=1S/C27H24.C13H24.C13H12.2C8H10.C6H12.2C6H6.12C2H7N.CH6N2.2CH4/c1-3-7-22(8-4-1)19-24-11-15-26(16-12-24)21-27-17-13-25(14-18-27)20-23-9-5-2-6-10-23;2*1-3-7-12(8-4-1)11-13-9-5-2-6-10-13;2*1-2-8-6-4-3-5-7-8;3*1-2-4-6-5-3-1;12*1-2-3;2-1-3;;/h1-18H,19-21H2;12-13H,1-11H2;1-10H,11H2;2*3-7H,2H2,1H3;1-6H2;2*1-6H;12*2-3H2,1H3;1-3H2;2*1H4. The molecule has 0 amide bonds. The van der Waals surface area contributed by atoms with Gasteiger partial charge in [0, 0.05) is 6.67 Å². The van der Waals surface area contributed by atoms with Crippen LogP contribution in [0.3, 0.4) is 0 Å². The fourth-order valence-corrected chi connectivity index (χ4v) is 11.5. The lowest BCUT2D eigenvalue weighted by atomic mass is 9.78. The zero-order chi connectivity index (χ0) is 95.7. The Balaban J connectivity index is -0.000000152. The molecule has 0 spiro atoms. The van der Waals surface area contributed by atoms with Crippen LogP contribution in [-0.2, 0) is 38.5 Å². The number of hydrogen-bond acceptors (Lipinski definition) is 14. The van der Waals surface area contributed by atoms with Gasteiger partial charge in [-0.25, -0.2) is 0 Å². The Morgan fingerprint density at radius 1 is 0.164 bits per heavy atom. The lowest BCUT2D eigenvalue weighted by Crippen LogP contribution is -2.14. The van der Waals surface area contributed by atoms with Crippen molar-refractivity contribution in [1.29, 1.82) is 0 Å². The summed E-state index contributed by atoms with van der Waals surface area (Å²) in [6.45, 7) is 36.4. The van der Waals surface area contributed by atoms with Crippen LogP contribution in [0, 0.1) is 11.8 Å². The molecule has 10 aromatic carbocycles. The van der Waals surface area contributed by atoms with Crippen molar-refractivity contribution in [3.63, 3.8) is 0 Å². The van der Waals surface area contributed by atoms with E-state index in [0.29, 0.717) is 0 Å². The fraction of sp³-hybridized carbons (Fsp3) is 0.474. The highest BCUT2D eigenvalue weighted by atomic mass is 14.7. The number of hydrogen-bond donors (Lipinski definition) is 14. The first kappa shape index (κ1) is 140. The van der Waals surface area contributed by atoms with Crippen LogP contribution in [0.5, 0.6) is 0 Å². The predicted molar refractivity (Wildman–Crippen MR) is 583 cm³/mol. The van der Waals surface area contributed by atoms with Crippen LogP contribution in [0.1, 0.15) is 277 Å². The quantitative estimate of drug-likeness (QED) is 0.0506. The minimum Gasteiger partial charge on any atom is -0.331 e. The van der Waals surface area contributed by atoms with E-state index in [9.17, 15) is 0 Å². The second-order valence-corrected chi connectivity index (χ2v) is 28.8. The van der Waals surface area contributed by atoms with E-state index >= 15 is 0 Å². The molecule has 0 bridgehead atoms. The van der Waals surface area contributed by atoms with Gasteiger partial charge in [0.25, 0.3) is 0 Å². The Morgan fingerprint density at radius 2 is 0.266 bits per heavy atom. The van der Waals surface area contributed by atoms with Crippen LogP contribution in [-0.4, -0.2) is 85.2 Å². The lowest BCUT2D eigenvalue weighted by molar-refractivity contribution is 0.244. The Morgan fingerprint density at radius 3 is 0.383 bits per heavy atom. The number of nitrogens with two attached hydrogens (primary N) is 14. The van der Waals surface area contributed by atoms with Crippen molar-refractivity contribution in [2.24, 2.45) is 92.1 Å². The molecule has 14 nitrogen and oxygen atoms in total. The van der Waals surface area contributed by atoms with Crippen molar-refractivity contribution in [1.82, 2.24) is 0 Å². The van der Waals surface area contributed by atoms with E-state index in [1.165, 1.54) is 133 Å². The van der Waals surface area contributed by atoms with Crippen molar-refractivity contribution >= 4 is 0 Å². The SMILES string of the molecule is C.C.C1CCC(CC2CCCCC2)CC1.C1CCCCC1.CCN.CCN.CCN.CCN.CCN.CCN.CCN.CCN.CCN.CCN.CCN.CCN.CCc1ccccc1.CCc1ccccc1.NCN.c1ccc(Cc2ccc(Cc3ccc(Cc4ccccc4)cc3)cc2)cc1.c1ccc(Cc2ccccc2)cc1.c1ccccc1.c1ccccc1. The Labute approximate surface area is 791 Å². The van der Waals surface area contributed by atoms with Crippen LogP contribution in [0.15, 0.2) is 303 Å². The summed E-state index contributed by atoms with van der Waals surface area (Å²) in [5.41, 5.74) is 81.2. The summed E-state index contributed by atoms with van der Waals surface area (Å²) in [5, 5.41) is 0. The van der Waals surface area contributed by atoms with Crippen LogP contribution in [0.25, 0.3) is 0 Å². The van der Waals surface area contributed by atoms with Gasteiger partial charge in [0.05, 0.1) is 0 Å². The number of benzene rings is 10. The normalized spacial score (nSPS) is 10.9. The summed E-state index contributed by atoms with van der Waals surface area (Å²) in [6.07, 6.45) is 32.2. The van der Waals surface area contributed by atoms with Gasteiger partial charge >= 0.3 is 0 Å². The zero-order valence-corrected chi connectivity index (χ0v) is 82.6. The highest BCUT2D eigenvalue weighted by molar-refractivity contribution is 5.35. The van der Waals surface area contributed by atoms with Gasteiger partial charge < -0.3 is 80.3 Å². The van der Waals surface area contributed by atoms with Gasteiger partial charge in [0.2, 0.25) is 0 Å². The molecule has 0 heterocycles. The molecular formula is C114H202N14. The van der Waals surface area contributed by atoms with Gasteiger partial charge in [-0.1, -0.05) is 518 Å². The maximum atomic E-state index is 4.85. The third kappa shape index (κ3) is 116. The van der Waals surface area contributed by atoms with Crippen molar-refractivity contribution in [2.45, 2.75) is 259 Å². The third-order valence-corrected chi connectivity index (χ3v) is 16.5. The summed E-state index contributed by atoms with van der Waals surface area (Å²) in [5.74, 6) is 2.24. The molecule has 10 aromatic rings. The molecule has 0 aromatic heterocycles. The average molecular weight is 1770 g/mol. The Kier molecular flexibility index (Phi) is 139. The fourth-order valence-electron chi connectivity index (χ4n) is 11.5. The van der Waals surface area contributed by atoms with E-state index in [1.807, 2.05) is 168 Å². The minimum atomic E-state index is 0. The van der Waals surface area contributed by atoms with E-state index in [2.05, 4.69) is 244 Å². The van der Waals surface area contributed by atoms with Gasteiger partial charge in [-0.15, -0.1) is 0 Å². The molecular weight excluding hydrogens is 1570 g/mol. The number of rotatable bonds is 12. The summed E-state index contributed by atoms with van der Waals surface area (Å²) in [6, 6.07) is 105. The van der Waals surface area contributed by atoms with E-state index in [-0.39, 0.29) is 21.5 Å². The van der Waals surface area contributed by atoms with Crippen molar-refractivity contribution in [3.8, 4) is 0 Å². The summed E-state index contributed by atoms with van der Waals surface area (Å²) in [4.78, 5) is 0. The van der Waals surface area contributed by atoms with Crippen LogP contribution in [0.2, 0.25) is 0 Å². The Hall–Kier alpha value is -8.36. The third-order valence-electron chi connectivity index (χ3n) is 16.5. The summed E-state index contributed by atoms with van der Waals surface area (Å²) < 4.78 is 0. The van der Waals surface area contributed by atoms with Gasteiger partial charge in [0.15, 0.2) is 0 Å². The Bertz CT molecular complexity index is 3040. The second kappa shape index (κ2) is 127. The topological polar surface area (TPSA) is 364 Å². The highest BCUT2D eigenvalue weighted by Crippen LogP contribution is 2.35. The molecule has 0 atom stereocenters. The van der Waals surface area contributed by atoms with Crippen LogP contribution in [0.4, 0.5) is 0 Å². The summed E-state index contributed by atoms with van der Waals surface area (Å²) in [7, 11) is 0. The lowest BCUT2D eigenvalue weighted by Gasteiger charge is -2.28. The maximum absolute atomic E-state index is 4.85. The van der Waals surface area contributed by atoms with Gasteiger partial charge in [0.1, 0.15) is 0 Å². The minimum absolute atomic E-state index is 0. The van der Waals surface area contributed by atoms with E-state index < -0.39 is 0 Å². The van der Waals surface area contributed by atoms with Crippen LogP contribution < -0.4 is 80.3 Å². The average Bonchev–Trinajstić information content (AvgIpc) is 0.866. The largest absolute Gasteiger partial charge is 0.331 e. The molecule has 14 heteroatoms. The van der Waals surface area contributed by atoms with E-state index in [1.54, 1.807) is 32.1 Å². The van der Waals surface area contributed by atoms with Gasteiger partial charge in [-0.2, -0.15) is 0 Å². The van der Waals surface area contributed by atoms with Crippen molar-refractivity contribution in [3.05, 3.63) is 359 Å². The molecule has 0 unspecified atom stereocenters. The molecule has 3 saturated carbocycles. The molecule has 128 heavy (non-hydrogen) atoms. The maximum Gasteiger partial charge on any atom is 0.0403 e. The predicted octanol–water partition coefficient (Wildman–Crippen LogP) is 24.2. The number of aryl methyl sites for hydroxylation is 2. The van der Waals surface area contributed by atoms with Crippen LogP contribution >= 0.6 is 0 Å². The first-order valence-electron chi connectivity index (χ1n) is 47.7. The monoisotopic (exact) mass is 1770 g/mol. The molecule has 3 fully saturated rings. The van der Waals surface area contributed by atoms with Gasteiger partial charge in [-0.05, 0) is 191 Å². The molecule has 728 valence electrons. The molecule has 13 rings (SSSR count). The van der Waals surface area contributed by atoms with E-state index in [4.69, 9.17) is 68.8 Å². The first-order chi connectivity index (χ1) is 61.5. The molecule has 0 saturated heterocycles. The molecule has 0 aliphatic heterocycles. The zero-order valence-electron chi connectivity index (χ0n) is 82.6. The molecule has 0 radical (unpaired) electrons. The molecule has 3 aliphatic carbocycles. The molecule has 28 N–H and O–H groups in total. The second-order valence-electron chi connectivity index (χ2n) is 28.8. The highest BCUT2D eigenvalue weighted by Gasteiger charge is 2.20. The molecule has 3 aliphatic rings. The van der Waals surface area contributed by atoms with Gasteiger partial charge in [-0.3, -0.25) is 0 Å². The van der Waals surface area contributed by atoms with Crippen molar-refractivity contribution < 1.29 is 0 Å². The smallest absolute Gasteiger partial charge is 0.0403 e. The first-order valence-corrected chi connectivity index (χ1v) is 47.7. The summed E-state index contributed by atoms with van der Waals surface area (Å²) >= 11 is 0. The van der Waals surface area contributed by atoms with E-state index in [0.717, 1.165) is 129 Å². The van der Waals surface area contributed by atoms with Crippen molar-refractivity contribution in [2.75, 3.05) is 85.2 Å².